The number of aliphatic hydroxyl groups is 1. The van der Waals surface area contributed by atoms with E-state index in [0.29, 0.717) is 13.2 Å². The fraction of sp³-hybridized carbons (Fsp3) is 0.273. The summed E-state index contributed by atoms with van der Waals surface area (Å²) in [5.41, 5.74) is 0.764. The molecule has 0 unspecified atom stereocenters. The number of ether oxygens (including phenoxy) is 1. The van der Waals surface area contributed by atoms with Crippen molar-refractivity contribution in [2.24, 2.45) is 0 Å². The first-order chi connectivity index (χ1) is 6.84. The van der Waals surface area contributed by atoms with E-state index in [1.807, 2.05) is 12.1 Å². The molecule has 1 rings (SSSR count). The standard InChI is InChI=1S/C11H14O3/c12-7-9-14-8-3-5-10-4-1-2-6-11(10)13/h1-6,12-13H,7-9H2/b5-3+. The lowest BCUT2D eigenvalue weighted by Gasteiger charge is -1.98. The smallest absolute Gasteiger partial charge is 0.122 e. The van der Waals surface area contributed by atoms with Crippen LogP contribution in [0.4, 0.5) is 0 Å². The van der Waals surface area contributed by atoms with Gasteiger partial charge in [-0.25, -0.2) is 0 Å². The zero-order chi connectivity index (χ0) is 10.2. The highest BCUT2D eigenvalue weighted by Crippen LogP contribution is 2.16. The first-order valence-corrected chi connectivity index (χ1v) is 4.47. The second-order valence-corrected chi connectivity index (χ2v) is 2.76. The number of aliphatic hydroxyl groups excluding tert-OH is 1. The van der Waals surface area contributed by atoms with Crippen molar-refractivity contribution in [3.8, 4) is 5.75 Å². The van der Waals surface area contributed by atoms with Crippen molar-refractivity contribution in [1.29, 1.82) is 0 Å². The van der Waals surface area contributed by atoms with Crippen molar-refractivity contribution < 1.29 is 14.9 Å². The summed E-state index contributed by atoms with van der Waals surface area (Å²) in [5, 5.41) is 17.8. The Morgan fingerprint density at radius 3 is 2.79 bits per heavy atom. The van der Waals surface area contributed by atoms with Crippen LogP contribution in [0.5, 0.6) is 5.75 Å². The van der Waals surface area contributed by atoms with Crippen molar-refractivity contribution in [3.63, 3.8) is 0 Å². The maximum Gasteiger partial charge on any atom is 0.122 e. The first-order valence-electron chi connectivity index (χ1n) is 4.47. The first kappa shape index (κ1) is 10.8. The highest BCUT2D eigenvalue weighted by molar-refractivity contribution is 5.56. The Balaban J connectivity index is 2.40. The van der Waals surface area contributed by atoms with Gasteiger partial charge in [0.25, 0.3) is 0 Å². The predicted octanol–water partition coefficient (Wildman–Crippen LogP) is 1.41. The molecular weight excluding hydrogens is 180 g/mol. The zero-order valence-corrected chi connectivity index (χ0v) is 7.89. The van der Waals surface area contributed by atoms with Crippen molar-refractivity contribution in [1.82, 2.24) is 0 Å². The third-order valence-electron chi connectivity index (χ3n) is 1.68. The van der Waals surface area contributed by atoms with Crippen molar-refractivity contribution in [3.05, 3.63) is 35.9 Å². The van der Waals surface area contributed by atoms with E-state index >= 15 is 0 Å². The summed E-state index contributed by atoms with van der Waals surface area (Å²) < 4.78 is 5.03. The van der Waals surface area contributed by atoms with Crippen LogP contribution in [0.2, 0.25) is 0 Å². The number of phenolic OH excluding ortho intramolecular Hbond substituents is 1. The molecule has 1 aromatic carbocycles. The topological polar surface area (TPSA) is 49.7 Å². The average molecular weight is 194 g/mol. The number of aromatic hydroxyl groups is 1. The van der Waals surface area contributed by atoms with E-state index in [1.54, 1.807) is 24.3 Å². The molecule has 0 heterocycles. The van der Waals surface area contributed by atoms with Gasteiger partial charge in [-0.05, 0) is 6.07 Å². The monoisotopic (exact) mass is 194 g/mol. The second-order valence-electron chi connectivity index (χ2n) is 2.76. The molecule has 1 aromatic rings. The fourth-order valence-electron chi connectivity index (χ4n) is 1.02. The summed E-state index contributed by atoms with van der Waals surface area (Å²) >= 11 is 0. The Morgan fingerprint density at radius 1 is 1.29 bits per heavy atom. The lowest BCUT2D eigenvalue weighted by atomic mass is 10.2. The van der Waals surface area contributed by atoms with Crippen LogP contribution in [0.3, 0.4) is 0 Å². The van der Waals surface area contributed by atoms with E-state index in [-0.39, 0.29) is 12.4 Å². The van der Waals surface area contributed by atoms with E-state index in [0.717, 1.165) is 5.56 Å². The minimum atomic E-state index is 0.0322. The molecule has 2 N–H and O–H groups in total. The van der Waals surface area contributed by atoms with E-state index in [1.165, 1.54) is 0 Å². The predicted molar refractivity (Wildman–Crippen MR) is 55.0 cm³/mol. The van der Waals surface area contributed by atoms with Gasteiger partial charge in [0.15, 0.2) is 0 Å². The van der Waals surface area contributed by atoms with Crippen molar-refractivity contribution in [2.75, 3.05) is 19.8 Å². The summed E-state index contributed by atoms with van der Waals surface area (Å²) in [7, 11) is 0. The largest absolute Gasteiger partial charge is 0.507 e. The molecule has 0 aromatic heterocycles. The van der Waals surface area contributed by atoms with Crippen molar-refractivity contribution >= 4 is 6.08 Å². The van der Waals surface area contributed by atoms with Gasteiger partial charge in [-0.2, -0.15) is 0 Å². The Morgan fingerprint density at radius 2 is 2.07 bits per heavy atom. The van der Waals surface area contributed by atoms with Crippen LogP contribution in [0.1, 0.15) is 5.56 Å². The van der Waals surface area contributed by atoms with E-state index in [2.05, 4.69) is 0 Å². The third-order valence-corrected chi connectivity index (χ3v) is 1.68. The molecule has 0 aliphatic rings. The van der Waals surface area contributed by atoms with Gasteiger partial charge in [-0.3, -0.25) is 0 Å². The van der Waals surface area contributed by atoms with Crippen LogP contribution in [0.15, 0.2) is 30.3 Å². The maximum absolute atomic E-state index is 9.38. The molecular formula is C11H14O3. The van der Waals surface area contributed by atoms with Crippen LogP contribution in [-0.2, 0) is 4.74 Å². The van der Waals surface area contributed by atoms with Crippen LogP contribution in [-0.4, -0.2) is 30.0 Å². The van der Waals surface area contributed by atoms with Gasteiger partial charge in [-0.1, -0.05) is 30.4 Å². The van der Waals surface area contributed by atoms with Gasteiger partial charge in [0.1, 0.15) is 5.75 Å². The molecule has 14 heavy (non-hydrogen) atoms. The van der Waals surface area contributed by atoms with Gasteiger partial charge < -0.3 is 14.9 Å². The Kier molecular flexibility index (Phi) is 4.75. The van der Waals surface area contributed by atoms with E-state index in [4.69, 9.17) is 9.84 Å². The summed E-state index contributed by atoms with van der Waals surface area (Å²) in [5.74, 6) is 0.255. The number of phenols is 1. The van der Waals surface area contributed by atoms with Gasteiger partial charge in [0.2, 0.25) is 0 Å². The maximum atomic E-state index is 9.38. The number of benzene rings is 1. The minimum absolute atomic E-state index is 0.0322. The summed E-state index contributed by atoms with van der Waals surface area (Å²) in [6.07, 6.45) is 3.58. The minimum Gasteiger partial charge on any atom is -0.507 e. The molecule has 0 saturated carbocycles. The summed E-state index contributed by atoms with van der Waals surface area (Å²) in [4.78, 5) is 0. The second kappa shape index (κ2) is 6.18. The summed E-state index contributed by atoms with van der Waals surface area (Å²) in [6, 6.07) is 7.08. The van der Waals surface area contributed by atoms with Gasteiger partial charge in [0.05, 0.1) is 19.8 Å². The Bertz CT molecular complexity index is 294. The molecule has 0 fully saturated rings. The van der Waals surface area contributed by atoms with Crippen LogP contribution >= 0.6 is 0 Å². The van der Waals surface area contributed by atoms with Crippen LogP contribution in [0.25, 0.3) is 6.08 Å². The number of rotatable bonds is 5. The van der Waals surface area contributed by atoms with Crippen molar-refractivity contribution in [2.45, 2.75) is 0 Å². The molecule has 0 saturated heterocycles. The zero-order valence-electron chi connectivity index (χ0n) is 7.89. The molecule has 0 atom stereocenters. The highest BCUT2D eigenvalue weighted by Gasteiger charge is 1.92. The van der Waals surface area contributed by atoms with Gasteiger partial charge in [-0.15, -0.1) is 0 Å². The molecule has 0 spiro atoms. The molecule has 0 radical (unpaired) electrons. The fourth-order valence-corrected chi connectivity index (χ4v) is 1.02. The number of para-hydroxylation sites is 1. The van der Waals surface area contributed by atoms with E-state index in [9.17, 15) is 5.11 Å². The van der Waals surface area contributed by atoms with Crippen LogP contribution < -0.4 is 0 Å². The quantitative estimate of drug-likeness (QED) is 0.697. The molecule has 0 bridgehead atoms. The molecule has 76 valence electrons. The molecule has 0 amide bonds. The van der Waals surface area contributed by atoms with Gasteiger partial charge in [0, 0.05) is 5.56 Å². The SMILES string of the molecule is OCCOC/C=C/c1ccccc1O. The molecule has 3 nitrogen and oxygen atoms in total. The lowest BCUT2D eigenvalue weighted by molar-refractivity contribution is 0.112. The molecule has 0 aliphatic carbocycles. The molecule has 3 heteroatoms. The highest BCUT2D eigenvalue weighted by atomic mass is 16.5. The lowest BCUT2D eigenvalue weighted by Crippen LogP contribution is -1.97. The Labute approximate surface area is 83.3 Å². The van der Waals surface area contributed by atoms with Gasteiger partial charge >= 0.3 is 0 Å². The Hall–Kier alpha value is -1.32. The normalized spacial score (nSPS) is 10.9. The average Bonchev–Trinajstić information content (AvgIpc) is 2.20. The third kappa shape index (κ3) is 3.60. The summed E-state index contributed by atoms with van der Waals surface area (Å²) in [6.45, 7) is 0.810. The van der Waals surface area contributed by atoms with Crippen LogP contribution in [0, 0.1) is 0 Å². The number of hydrogen-bond donors (Lipinski definition) is 2. The van der Waals surface area contributed by atoms with E-state index < -0.39 is 0 Å². The molecule has 0 aliphatic heterocycles. The number of hydrogen-bond acceptors (Lipinski definition) is 3.